The molecule has 5 nitrogen and oxygen atoms in total. The normalized spacial score (nSPS) is 21.0. The fourth-order valence-electron chi connectivity index (χ4n) is 2.29. The van der Waals surface area contributed by atoms with Crippen LogP contribution in [0.2, 0.25) is 0 Å². The number of benzene rings is 1. The van der Waals surface area contributed by atoms with E-state index in [-0.39, 0.29) is 16.5 Å². The Labute approximate surface area is 142 Å². The first-order valence-corrected chi connectivity index (χ1v) is 7.52. The summed E-state index contributed by atoms with van der Waals surface area (Å²) in [5.74, 6) is -1.52. The molecular formula is C15H10BrF3N2O3. The highest BCUT2D eigenvalue weighted by Gasteiger charge is 2.63. The minimum absolute atomic E-state index is 0.0310. The number of hydrazone groups is 1. The molecule has 24 heavy (non-hydrogen) atoms. The van der Waals surface area contributed by atoms with Gasteiger partial charge in [0.05, 0.1) is 18.4 Å². The zero-order valence-electron chi connectivity index (χ0n) is 11.9. The van der Waals surface area contributed by atoms with Gasteiger partial charge in [-0.2, -0.15) is 23.3 Å². The van der Waals surface area contributed by atoms with E-state index in [0.29, 0.717) is 5.56 Å². The number of nitrogens with zero attached hydrogens (tertiary/aromatic N) is 2. The van der Waals surface area contributed by atoms with Gasteiger partial charge in [0.2, 0.25) is 0 Å². The summed E-state index contributed by atoms with van der Waals surface area (Å²) in [4.78, 5) is 12.3. The molecule has 3 rings (SSSR count). The summed E-state index contributed by atoms with van der Waals surface area (Å²) >= 11 is 3.22. The molecule has 0 bridgehead atoms. The SMILES string of the molecule is O=C(c1ccco1)N1N=C(c2ccc(Br)cc2)C[C@@]1(O)C(F)(F)F. The van der Waals surface area contributed by atoms with Crippen LogP contribution in [0.4, 0.5) is 13.2 Å². The van der Waals surface area contributed by atoms with Crippen molar-refractivity contribution in [2.24, 2.45) is 5.10 Å². The average molecular weight is 403 g/mol. The Hall–Kier alpha value is -2.13. The molecule has 126 valence electrons. The molecule has 1 amide bonds. The molecule has 0 fully saturated rings. The van der Waals surface area contributed by atoms with Crippen LogP contribution in [0.1, 0.15) is 22.5 Å². The highest BCUT2D eigenvalue weighted by Crippen LogP contribution is 2.42. The zero-order chi connectivity index (χ0) is 17.5. The van der Waals surface area contributed by atoms with E-state index in [2.05, 4.69) is 21.0 Å². The Kier molecular flexibility index (Phi) is 4.00. The number of hydrogen-bond donors (Lipinski definition) is 1. The summed E-state index contributed by atoms with van der Waals surface area (Å²) in [6.45, 7) is 0. The monoisotopic (exact) mass is 402 g/mol. The second kappa shape index (κ2) is 5.75. The summed E-state index contributed by atoms with van der Waals surface area (Å²) in [6.07, 6.45) is -4.81. The van der Waals surface area contributed by atoms with Crippen LogP contribution >= 0.6 is 15.9 Å². The summed E-state index contributed by atoms with van der Waals surface area (Å²) < 4.78 is 45.7. The summed E-state index contributed by atoms with van der Waals surface area (Å²) in [5, 5.41) is 13.9. The van der Waals surface area contributed by atoms with Gasteiger partial charge < -0.3 is 9.52 Å². The fourth-order valence-corrected chi connectivity index (χ4v) is 2.55. The number of aliphatic hydroxyl groups is 1. The van der Waals surface area contributed by atoms with E-state index in [1.807, 2.05) is 0 Å². The molecule has 1 N–H and O–H groups in total. The summed E-state index contributed by atoms with van der Waals surface area (Å²) in [7, 11) is 0. The van der Waals surface area contributed by atoms with Gasteiger partial charge in [0, 0.05) is 4.47 Å². The van der Waals surface area contributed by atoms with E-state index < -0.39 is 24.2 Å². The third-order valence-electron chi connectivity index (χ3n) is 3.54. The van der Waals surface area contributed by atoms with Gasteiger partial charge in [-0.05, 0) is 29.8 Å². The first kappa shape index (κ1) is 16.7. The van der Waals surface area contributed by atoms with E-state index in [4.69, 9.17) is 4.42 Å². The zero-order valence-corrected chi connectivity index (χ0v) is 13.5. The number of rotatable bonds is 2. The van der Waals surface area contributed by atoms with Crippen molar-refractivity contribution in [2.75, 3.05) is 0 Å². The van der Waals surface area contributed by atoms with Gasteiger partial charge in [0.1, 0.15) is 0 Å². The third kappa shape index (κ3) is 2.73. The quantitative estimate of drug-likeness (QED) is 0.835. The van der Waals surface area contributed by atoms with Crippen LogP contribution in [0.5, 0.6) is 0 Å². The minimum Gasteiger partial charge on any atom is -0.459 e. The molecule has 1 atom stereocenters. The van der Waals surface area contributed by atoms with E-state index >= 15 is 0 Å². The van der Waals surface area contributed by atoms with Crippen LogP contribution in [0, 0.1) is 0 Å². The van der Waals surface area contributed by atoms with E-state index in [1.54, 1.807) is 24.3 Å². The van der Waals surface area contributed by atoms with Crippen molar-refractivity contribution >= 4 is 27.5 Å². The van der Waals surface area contributed by atoms with Crippen molar-refractivity contribution < 1.29 is 27.5 Å². The molecule has 9 heteroatoms. The Bertz CT molecular complexity index is 787. The maximum atomic E-state index is 13.4. The molecule has 1 aliphatic rings. The third-order valence-corrected chi connectivity index (χ3v) is 4.07. The molecule has 0 unspecified atom stereocenters. The lowest BCUT2D eigenvalue weighted by Crippen LogP contribution is -2.56. The van der Waals surface area contributed by atoms with Crippen LogP contribution in [0.15, 0.2) is 56.7 Å². The number of alkyl halides is 3. The van der Waals surface area contributed by atoms with Gasteiger partial charge in [0.15, 0.2) is 5.76 Å². The van der Waals surface area contributed by atoms with Gasteiger partial charge in [-0.15, -0.1) is 0 Å². The van der Waals surface area contributed by atoms with E-state index in [1.165, 1.54) is 12.1 Å². The number of halogens is 4. The van der Waals surface area contributed by atoms with Crippen molar-refractivity contribution in [1.82, 2.24) is 5.01 Å². The Balaban J connectivity index is 2.03. The lowest BCUT2D eigenvalue weighted by atomic mass is 10.0. The molecular weight excluding hydrogens is 393 g/mol. The van der Waals surface area contributed by atoms with E-state index in [9.17, 15) is 23.1 Å². The molecule has 0 saturated heterocycles. The number of hydrogen-bond acceptors (Lipinski definition) is 4. The second-order valence-electron chi connectivity index (χ2n) is 5.14. The van der Waals surface area contributed by atoms with Crippen molar-refractivity contribution in [3.63, 3.8) is 0 Å². The predicted molar refractivity (Wildman–Crippen MR) is 81.2 cm³/mol. The van der Waals surface area contributed by atoms with Crippen LogP contribution in [-0.2, 0) is 0 Å². The van der Waals surface area contributed by atoms with Crippen molar-refractivity contribution in [2.45, 2.75) is 18.3 Å². The van der Waals surface area contributed by atoms with Crippen molar-refractivity contribution in [1.29, 1.82) is 0 Å². The van der Waals surface area contributed by atoms with Gasteiger partial charge in [-0.1, -0.05) is 28.1 Å². The van der Waals surface area contributed by atoms with Gasteiger partial charge in [-0.3, -0.25) is 4.79 Å². The molecule has 1 aromatic heterocycles. The molecule has 2 heterocycles. The highest BCUT2D eigenvalue weighted by atomic mass is 79.9. The molecule has 1 aliphatic heterocycles. The molecule has 0 saturated carbocycles. The Morgan fingerprint density at radius 2 is 1.96 bits per heavy atom. The summed E-state index contributed by atoms with van der Waals surface area (Å²) in [6, 6.07) is 8.89. The van der Waals surface area contributed by atoms with Crippen LogP contribution in [-0.4, -0.2) is 33.6 Å². The molecule has 2 aromatic rings. The largest absolute Gasteiger partial charge is 0.459 e. The maximum absolute atomic E-state index is 13.4. The standard InChI is InChI=1S/C15H10BrF3N2O3/c16-10-5-3-9(4-6-10)11-8-14(23,15(17,18)19)21(20-11)13(22)12-2-1-7-24-12/h1-7,23H,8H2/t14-/m1/s1. The van der Waals surface area contributed by atoms with E-state index in [0.717, 1.165) is 10.7 Å². The number of carbonyl (C=O) groups excluding carboxylic acids is 1. The minimum atomic E-state index is -5.09. The maximum Gasteiger partial charge on any atom is 0.438 e. The molecule has 1 aromatic carbocycles. The van der Waals surface area contributed by atoms with Crippen molar-refractivity contribution in [3.05, 3.63) is 58.5 Å². The second-order valence-corrected chi connectivity index (χ2v) is 6.05. The number of carbonyl (C=O) groups is 1. The van der Waals surface area contributed by atoms with Crippen molar-refractivity contribution in [3.8, 4) is 0 Å². The molecule has 0 spiro atoms. The van der Waals surface area contributed by atoms with Crippen LogP contribution in [0.3, 0.4) is 0 Å². The number of amides is 1. The predicted octanol–water partition coefficient (Wildman–Crippen LogP) is 3.54. The van der Waals surface area contributed by atoms with Crippen LogP contribution < -0.4 is 0 Å². The smallest absolute Gasteiger partial charge is 0.438 e. The average Bonchev–Trinajstić information content (AvgIpc) is 3.15. The lowest BCUT2D eigenvalue weighted by Gasteiger charge is -2.31. The molecule has 0 aliphatic carbocycles. The first-order valence-electron chi connectivity index (χ1n) is 6.73. The molecule has 0 radical (unpaired) electrons. The van der Waals surface area contributed by atoms with Gasteiger partial charge >= 0.3 is 12.1 Å². The van der Waals surface area contributed by atoms with Crippen LogP contribution in [0.25, 0.3) is 0 Å². The highest BCUT2D eigenvalue weighted by molar-refractivity contribution is 9.10. The first-order chi connectivity index (χ1) is 11.2. The topological polar surface area (TPSA) is 66.0 Å². The number of furan rings is 1. The van der Waals surface area contributed by atoms with Gasteiger partial charge in [0.25, 0.3) is 5.72 Å². The van der Waals surface area contributed by atoms with Gasteiger partial charge in [-0.25, -0.2) is 0 Å². The fraction of sp³-hybridized carbons (Fsp3) is 0.200. The Morgan fingerprint density at radius 3 is 2.50 bits per heavy atom. The summed E-state index contributed by atoms with van der Waals surface area (Å²) in [5.41, 5.74) is -3.11. The lowest BCUT2D eigenvalue weighted by molar-refractivity contribution is -0.297. The Morgan fingerprint density at radius 1 is 1.29 bits per heavy atom.